The number of amides is 3. The fourth-order valence-electron chi connectivity index (χ4n) is 4.71. The van der Waals surface area contributed by atoms with Crippen LogP contribution in [0.4, 0.5) is 4.79 Å². The number of nitrogens with two attached hydrogens (primary N) is 1. The molecular formula is C34H35I4N3O9. The zero-order valence-corrected chi connectivity index (χ0v) is 36.0. The number of phenols is 1. The average molecular weight is 1140 g/mol. The van der Waals surface area contributed by atoms with Crippen LogP contribution in [0, 0.1) is 14.3 Å². The number of carboxylic acid groups (broad SMARTS) is 1. The molecule has 0 aliphatic heterocycles. The number of benzene rings is 3. The van der Waals surface area contributed by atoms with E-state index in [1.54, 1.807) is 75.4 Å². The summed E-state index contributed by atoms with van der Waals surface area (Å²) in [7, 11) is 0. The average Bonchev–Trinajstić information content (AvgIpc) is 3.00. The van der Waals surface area contributed by atoms with Gasteiger partial charge in [0.05, 0.1) is 14.3 Å². The van der Waals surface area contributed by atoms with Gasteiger partial charge in [-0.1, -0.05) is 30.3 Å². The number of rotatable bonds is 12. The number of halogens is 4. The second-order valence-electron chi connectivity index (χ2n) is 12.2. The molecule has 0 aliphatic rings. The number of aromatic hydroxyl groups is 1. The standard InChI is InChI=1S/C34H35I4N3O9/c1-17(42)41(33(48)50-34(2,3)4)27(16-18-8-6-5-7-9-18)30(44)40-26(31(45)46)15-20-12-23(37)29(24(38)13-20)49-32(47)25(39)14-19-10-21(35)28(43)22(36)11-19/h5-13,25-27,43H,14-16,39H2,1-4H3,(H,40,44)(H,45,46)/t25-,26-,27-/m0/s1. The summed E-state index contributed by atoms with van der Waals surface area (Å²) in [5.74, 6) is -3.21. The SMILES string of the molecule is CC(=O)N(C(=O)OC(C)(C)C)[C@@H](Cc1ccccc1)C(=O)N[C@@H](Cc1cc(I)c(OC(=O)[C@@H](N)Cc2cc(I)c(O)c(I)c2)c(I)c1)C(=O)O. The second kappa shape index (κ2) is 18.4. The third kappa shape index (κ3) is 12.1. The van der Waals surface area contributed by atoms with Crippen LogP contribution in [0.2, 0.25) is 0 Å². The Morgan fingerprint density at radius 1 is 0.840 bits per heavy atom. The molecule has 3 amide bonds. The minimum absolute atomic E-state index is 0.0823. The first-order valence-electron chi connectivity index (χ1n) is 15.0. The molecule has 0 unspecified atom stereocenters. The van der Waals surface area contributed by atoms with Crippen molar-refractivity contribution in [2.24, 2.45) is 5.73 Å². The highest BCUT2D eigenvalue weighted by Gasteiger charge is 2.38. The van der Waals surface area contributed by atoms with Crippen molar-refractivity contribution in [2.75, 3.05) is 0 Å². The van der Waals surface area contributed by atoms with Crippen LogP contribution in [0.5, 0.6) is 11.5 Å². The Hall–Kier alpha value is -2.31. The third-order valence-corrected chi connectivity index (χ3v) is 10.2. The zero-order chi connectivity index (χ0) is 37.5. The Morgan fingerprint density at radius 2 is 1.36 bits per heavy atom. The maximum atomic E-state index is 13.8. The smallest absolute Gasteiger partial charge is 0.417 e. The highest BCUT2D eigenvalue weighted by molar-refractivity contribution is 14.1. The number of esters is 1. The van der Waals surface area contributed by atoms with E-state index >= 15 is 0 Å². The lowest BCUT2D eigenvalue weighted by molar-refractivity contribution is -0.143. The van der Waals surface area contributed by atoms with Crippen molar-refractivity contribution in [1.29, 1.82) is 0 Å². The molecular weight excluding hydrogens is 1100 g/mol. The van der Waals surface area contributed by atoms with Gasteiger partial charge in [0.15, 0.2) is 5.75 Å². The first-order valence-corrected chi connectivity index (χ1v) is 19.3. The van der Waals surface area contributed by atoms with Crippen molar-refractivity contribution in [3.05, 3.63) is 85.6 Å². The molecule has 3 atom stereocenters. The molecule has 0 bridgehead atoms. The topological polar surface area (TPSA) is 186 Å². The molecule has 5 N–H and O–H groups in total. The summed E-state index contributed by atoms with van der Waals surface area (Å²) in [6.45, 7) is 6.00. The van der Waals surface area contributed by atoms with Gasteiger partial charge in [-0.25, -0.2) is 19.3 Å². The van der Waals surface area contributed by atoms with Crippen molar-refractivity contribution < 1.29 is 43.7 Å². The molecule has 16 heteroatoms. The van der Waals surface area contributed by atoms with Crippen molar-refractivity contribution in [3.63, 3.8) is 0 Å². The van der Waals surface area contributed by atoms with E-state index in [4.69, 9.17) is 15.2 Å². The lowest BCUT2D eigenvalue weighted by Crippen LogP contribution is -2.56. The number of ether oxygens (including phenoxy) is 2. The molecule has 3 aromatic carbocycles. The van der Waals surface area contributed by atoms with Gasteiger partial charge in [-0.3, -0.25) is 9.59 Å². The molecule has 268 valence electrons. The Balaban J connectivity index is 1.82. The highest BCUT2D eigenvalue weighted by atomic mass is 127. The molecule has 0 aromatic heterocycles. The maximum absolute atomic E-state index is 13.8. The predicted molar refractivity (Wildman–Crippen MR) is 219 cm³/mol. The molecule has 12 nitrogen and oxygen atoms in total. The Labute approximate surface area is 344 Å². The van der Waals surface area contributed by atoms with Gasteiger partial charge in [0.1, 0.15) is 29.5 Å². The largest absolute Gasteiger partial charge is 0.506 e. The summed E-state index contributed by atoms with van der Waals surface area (Å²) < 4.78 is 13.3. The van der Waals surface area contributed by atoms with Crippen LogP contribution in [0.15, 0.2) is 54.6 Å². The molecule has 0 heterocycles. The van der Waals surface area contributed by atoms with E-state index in [1.165, 1.54) is 0 Å². The number of hydrogen-bond donors (Lipinski definition) is 4. The zero-order valence-electron chi connectivity index (χ0n) is 27.3. The van der Waals surface area contributed by atoms with Gasteiger partial charge < -0.3 is 30.7 Å². The van der Waals surface area contributed by atoms with Crippen LogP contribution in [0.25, 0.3) is 0 Å². The minimum atomic E-state index is -1.45. The van der Waals surface area contributed by atoms with Crippen LogP contribution < -0.4 is 15.8 Å². The lowest BCUT2D eigenvalue weighted by Gasteiger charge is -2.31. The molecule has 0 radical (unpaired) electrons. The van der Waals surface area contributed by atoms with Gasteiger partial charge in [-0.15, -0.1) is 0 Å². The van der Waals surface area contributed by atoms with Crippen molar-refractivity contribution in [3.8, 4) is 11.5 Å². The summed E-state index contributed by atoms with van der Waals surface area (Å²) in [5.41, 5.74) is 7.10. The fourth-order valence-corrected chi connectivity index (χ4v) is 8.72. The van der Waals surface area contributed by atoms with Gasteiger partial charge in [0, 0.05) is 19.8 Å². The maximum Gasteiger partial charge on any atom is 0.417 e. The molecule has 0 spiro atoms. The van der Waals surface area contributed by atoms with Crippen LogP contribution in [-0.4, -0.2) is 68.7 Å². The first-order chi connectivity index (χ1) is 23.3. The summed E-state index contributed by atoms with van der Waals surface area (Å²) in [6, 6.07) is 11.6. The van der Waals surface area contributed by atoms with E-state index in [0.29, 0.717) is 30.3 Å². The van der Waals surface area contributed by atoms with Crippen LogP contribution >= 0.6 is 90.4 Å². The van der Waals surface area contributed by atoms with E-state index in [9.17, 15) is 34.2 Å². The first kappa shape index (κ1) is 42.1. The van der Waals surface area contributed by atoms with E-state index in [1.807, 2.05) is 90.4 Å². The molecule has 0 saturated carbocycles. The van der Waals surface area contributed by atoms with Gasteiger partial charge in [-0.05, 0) is 159 Å². The van der Waals surface area contributed by atoms with E-state index in [2.05, 4.69) is 5.32 Å². The Morgan fingerprint density at radius 3 is 1.86 bits per heavy atom. The quantitative estimate of drug-likeness (QED) is 0.0984. The van der Waals surface area contributed by atoms with Gasteiger partial charge in [0.25, 0.3) is 0 Å². The number of imide groups is 1. The molecule has 0 aliphatic carbocycles. The fraction of sp³-hybridized carbons (Fsp3) is 0.324. The van der Waals surface area contributed by atoms with E-state index in [0.717, 1.165) is 12.5 Å². The molecule has 50 heavy (non-hydrogen) atoms. The number of phenolic OH excluding ortho intramolecular Hbond substituents is 1. The van der Waals surface area contributed by atoms with E-state index < -0.39 is 53.6 Å². The number of aliphatic carboxylic acids is 1. The molecule has 0 fully saturated rings. The molecule has 0 saturated heterocycles. The van der Waals surface area contributed by atoms with Gasteiger partial charge >= 0.3 is 18.0 Å². The van der Waals surface area contributed by atoms with Crippen LogP contribution in [0.1, 0.15) is 44.4 Å². The third-order valence-electron chi connectivity index (χ3n) is 6.97. The number of hydrogen-bond acceptors (Lipinski definition) is 9. The minimum Gasteiger partial charge on any atom is -0.506 e. The van der Waals surface area contributed by atoms with Crippen molar-refractivity contribution in [2.45, 2.75) is 70.7 Å². The summed E-state index contributed by atoms with van der Waals surface area (Å²) in [4.78, 5) is 65.7. The van der Waals surface area contributed by atoms with Gasteiger partial charge in [0.2, 0.25) is 11.8 Å². The van der Waals surface area contributed by atoms with Gasteiger partial charge in [-0.2, -0.15) is 0 Å². The lowest BCUT2D eigenvalue weighted by atomic mass is 10.0. The number of nitrogens with one attached hydrogen (secondary N) is 1. The van der Waals surface area contributed by atoms with Crippen LogP contribution in [-0.2, 0) is 43.2 Å². The van der Waals surface area contributed by atoms with Crippen LogP contribution in [0.3, 0.4) is 0 Å². The molecule has 3 rings (SSSR count). The highest BCUT2D eigenvalue weighted by Crippen LogP contribution is 2.31. The normalized spacial score (nSPS) is 13.1. The van der Waals surface area contributed by atoms with Crippen molar-refractivity contribution >= 4 is 120 Å². The summed E-state index contributed by atoms with van der Waals surface area (Å²) in [5, 5.41) is 22.7. The number of carbonyl (C=O) groups excluding carboxylic acids is 4. The predicted octanol–water partition coefficient (Wildman–Crippen LogP) is 5.79. The Bertz CT molecular complexity index is 1720. The second-order valence-corrected chi connectivity index (χ2v) is 16.9. The number of carboxylic acids is 1. The van der Waals surface area contributed by atoms with E-state index in [-0.39, 0.29) is 30.8 Å². The molecule has 3 aromatic rings. The number of carbonyl (C=O) groups is 5. The summed E-state index contributed by atoms with van der Waals surface area (Å²) in [6.07, 6.45) is -1.10. The number of nitrogens with zero attached hydrogens (tertiary/aromatic N) is 1. The summed E-state index contributed by atoms with van der Waals surface area (Å²) >= 11 is 7.93. The van der Waals surface area contributed by atoms with Crippen molar-refractivity contribution in [1.82, 2.24) is 10.2 Å². The Kier molecular flexibility index (Phi) is 15.5. The monoisotopic (exact) mass is 1140 g/mol.